The Morgan fingerprint density at radius 1 is 1.62 bits per heavy atom. The number of hydrogen-bond donors (Lipinski definition) is 0. The number of rotatable bonds is 3. The molecule has 82 valence electrons. The van der Waals surface area contributed by atoms with Gasteiger partial charge in [-0.1, -0.05) is 6.07 Å². The number of carbonyl (C=O) groups is 1. The molecular formula is C10H7ClN2O3. The zero-order valence-electron chi connectivity index (χ0n) is 8.36. The lowest BCUT2D eigenvalue weighted by Crippen LogP contribution is -2.09. The first-order chi connectivity index (χ1) is 7.52. The summed E-state index contributed by atoms with van der Waals surface area (Å²) in [6, 6.07) is 4.43. The Labute approximate surface area is 96.4 Å². The molecule has 0 atom stereocenters. The number of aryl methyl sites for hydroxylation is 1. The van der Waals surface area contributed by atoms with Crippen molar-refractivity contribution in [3.63, 3.8) is 0 Å². The average molecular weight is 239 g/mol. The van der Waals surface area contributed by atoms with Crippen LogP contribution in [0.3, 0.4) is 0 Å². The minimum absolute atomic E-state index is 0.0138. The Hall–Kier alpha value is -1.93. The van der Waals surface area contributed by atoms with Crippen molar-refractivity contribution in [1.82, 2.24) is 0 Å². The van der Waals surface area contributed by atoms with E-state index in [0.29, 0.717) is 5.56 Å². The lowest BCUT2D eigenvalue weighted by Gasteiger charge is -2.04. The molecule has 0 aliphatic heterocycles. The SMILES string of the molecule is Cc1ccc([N+](=O)[O-])c(C(=O)CCl)c1C#N. The summed E-state index contributed by atoms with van der Waals surface area (Å²) in [5.41, 5.74) is -0.0586. The molecule has 0 saturated carbocycles. The monoisotopic (exact) mass is 238 g/mol. The number of nitriles is 1. The van der Waals surface area contributed by atoms with Gasteiger partial charge in [0.15, 0.2) is 5.78 Å². The third-order valence-corrected chi connectivity index (χ3v) is 2.34. The van der Waals surface area contributed by atoms with Crippen LogP contribution >= 0.6 is 11.6 Å². The van der Waals surface area contributed by atoms with Crippen LogP contribution in [0.5, 0.6) is 0 Å². The molecule has 0 bridgehead atoms. The fourth-order valence-electron chi connectivity index (χ4n) is 1.34. The van der Waals surface area contributed by atoms with Gasteiger partial charge in [0.05, 0.1) is 16.4 Å². The highest BCUT2D eigenvalue weighted by Crippen LogP contribution is 2.25. The lowest BCUT2D eigenvalue weighted by atomic mass is 9.98. The van der Waals surface area contributed by atoms with E-state index in [9.17, 15) is 14.9 Å². The van der Waals surface area contributed by atoms with Crippen LogP contribution in [-0.4, -0.2) is 16.6 Å². The molecule has 6 heteroatoms. The van der Waals surface area contributed by atoms with Crippen molar-refractivity contribution in [2.45, 2.75) is 6.92 Å². The van der Waals surface area contributed by atoms with E-state index in [-0.39, 0.29) is 22.7 Å². The van der Waals surface area contributed by atoms with E-state index in [0.717, 1.165) is 0 Å². The fraction of sp³-hybridized carbons (Fsp3) is 0.200. The van der Waals surface area contributed by atoms with Crippen molar-refractivity contribution in [1.29, 1.82) is 5.26 Å². The van der Waals surface area contributed by atoms with Gasteiger partial charge in [0, 0.05) is 6.07 Å². The van der Waals surface area contributed by atoms with Crippen LogP contribution in [0.4, 0.5) is 5.69 Å². The van der Waals surface area contributed by atoms with Gasteiger partial charge in [-0.3, -0.25) is 14.9 Å². The number of halogens is 1. The third-order valence-electron chi connectivity index (χ3n) is 2.10. The summed E-state index contributed by atoms with van der Waals surface area (Å²) in [4.78, 5) is 21.5. The molecule has 0 spiro atoms. The first-order valence-electron chi connectivity index (χ1n) is 4.30. The second-order valence-corrected chi connectivity index (χ2v) is 3.34. The van der Waals surface area contributed by atoms with E-state index in [2.05, 4.69) is 0 Å². The Balaban J connectivity index is 3.62. The molecule has 1 aromatic rings. The van der Waals surface area contributed by atoms with E-state index < -0.39 is 10.7 Å². The van der Waals surface area contributed by atoms with Gasteiger partial charge in [0.2, 0.25) is 0 Å². The molecule has 0 saturated heterocycles. The van der Waals surface area contributed by atoms with Gasteiger partial charge in [-0.05, 0) is 12.5 Å². The molecule has 0 fully saturated rings. The standard InChI is InChI=1S/C10H7ClN2O3/c1-6-2-3-8(13(15)16)10(7(6)5-12)9(14)4-11/h2-3H,4H2,1H3. The normalized spacial score (nSPS) is 9.56. The highest BCUT2D eigenvalue weighted by Gasteiger charge is 2.24. The number of nitro groups is 1. The Morgan fingerprint density at radius 3 is 2.69 bits per heavy atom. The highest BCUT2D eigenvalue weighted by atomic mass is 35.5. The molecule has 16 heavy (non-hydrogen) atoms. The lowest BCUT2D eigenvalue weighted by molar-refractivity contribution is -0.385. The van der Waals surface area contributed by atoms with E-state index >= 15 is 0 Å². The number of benzene rings is 1. The minimum atomic E-state index is -0.694. The van der Waals surface area contributed by atoms with Crippen molar-refractivity contribution in [2.24, 2.45) is 0 Å². The number of carbonyl (C=O) groups excluding carboxylic acids is 1. The summed E-state index contributed by atoms with van der Waals surface area (Å²) < 4.78 is 0. The molecule has 0 radical (unpaired) electrons. The molecule has 0 N–H and O–H groups in total. The summed E-state index contributed by atoms with van der Waals surface area (Å²) in [5.74, 6) is -1.01. The molecule has 0 aliphatic carbocycles. The van der Waals surface area contributed by atoms with Gasteiger partial charge in [0.25, 0.3) is 5.69 Å². The van der Waals surface area contributed by atoms with Crippen LogP contribution in [0.15, 0.2) is 12.1 Å². The molecule has 0 heterocycles. The zero-order chi connectivity index (χ0) is 12.3. The molecule has 5 nitrogen and oxygen atoms in total. The third kappa shape index (κ3) is 2.02. The van der Waals surface area contributed by atoms with Crippen LogP contribution < -0.4 is 0 Å². The van der Waals surface area contributed by atoms with Crippen molar-refractivity contribution in [3.8, 4) is 6.07 Å². The van der Waals surface area contributed by atoms with Crippen LogP contribution in [0.2, 0.25) is 0 Å². The predicted molar refractivity (Wildman–Crippen MR) is 57.6 cm³/mol. The molecule has 0 aromatic heterocycles. The number of hydrogen-bond acceptors (Lipinski definition) is 4. The van der Waals surface area contributed by atoms with Crippen LogP contribution in [0.25, 0.3) is 0 Å². The van der Waals surface area contributed by atoms with Crippen molar-refractivity contribution >= 4 is 23.1 Å². The number of Topliss-reactive ketones (excluding diaryl/α,β-unsaturated/α-hetero) is 1. The van der Waals surface area contributed by atoms with E-state index in [1.165, 1.54) is 12.1 Å². The van der Waals surface area contributed by atoms with Crippen molar-refractivity contribution < 1.29 is 9.72 Å². The number of nitro benzene ring substituents is 1. The summed E-state index contributed by atoms with van der Waals surface area (Å²) in [6.07, 6.45) is 0. The van der Waals surface area contributed by atoms with Crippen LogP contribution in [-0.2, 0) is 0 Å². The Kier molecular flexibility index (Phi) is 3.59. The molecule has 1 aromatic carbocycles. The quantitative estimate of drug-likeness (QED) is 0.350. The smallest absolute Gasteiger partial charge is 0.281 e. The van der Waals surface area contributed by atoms with Crippen molar-refractivity contribution in [3.05, 3.63) is 38.9 Å². The summed E-state index contributed by atoms with van der Waals surface area (Å²) in [6.45, 7) is 1.60. The summed E-state index contributed by atoms with van der Waals surface area (Å²) in [7, 11) is 0. The van der Waals surface area contributed by atoms with E-state index in [1.54, 1.807) is 13.0 Å². The van der Waals surface area contributed by atoms with Gasteiger partial charge in [0.1, 0.15) is 11.6 Å². The van der Waals surface area contributed by atoms with Gasteiger partial charge in [-0.2, -0.15) is 5.26 Å². The summed E-state index contributed by atoms with van der Waals surface area (Å²) >= 11 is 5.36. The Morgan fingerprint density at radius 2 is 2.25 bits per heavy atom. The Bertz CT molecular complexity index is 506. The number of alkyl halides is 1. The second-order valence-electron chi connectivity index (χ2n) is 3.08. The first kappa shape index (κ1) is 12.1. The molecule has 0 amide bonds. The molecule has 0 aliphatic rings. The van der Waals surface area contributed by atoms with Crippen LogP contribution in [0, 0.1) is 28.4 Å². The maximum atomic E-state index is 11.5. The van der Waals surface area contributed by atoms with E-state index in [1.807, 2.05) is 0 Å². The predicted octanol–water partition coefficient (Wildman–Crippen LogP) is 2.20. The van der Waals surface area contributed by atoms with Gasteiger partial charge in [-0.15, -0.1) is 11.6 Å². The van der Waals surface area contributed by atoms with Gasteiger partial charge >= 0.3 is 0 Å². The average Bonchev–Trinajstić information content (AvgIpc) is 2.27. The van der Waals surface area contributed by atoms with Gasteiger partial charge < -0.3 is 0 Å². The second kappa shape index (κ2) is 4.73. The molecule has 0 unspecified atom stereocenters. The van der Waals surface area contributed by atoms with Crippen molar-refractivity contribution in [2.75, 3.05) is 5.88 Å². The number of ketones is 1. The maximum Gasteiger partial charge on any atom is 0.281 e. The first-order valence-corrected chi connectivity index (χ1v) is 4.83. The zero-order valence-corrected chi connectivity index (χ0v) is 9.11. The minimum Gasteiger partial charge on any atom is -0.293 e. The molecule has 1 rings (SSSR count). The molecular weight excluding hydrogens is 232 g/mol. The topological polar surface area (TPSA) is 84.0 Å². The highest BCUT2D eigenvalue weighted by molar-refractivity contribution is 6.31. The van der Waals surface area contributed by atoms with E-state index in [4.69, 9.17) is 16.9 Å². The fourth-order valence-corrected chi connectivity index (χ4v) is 1.47. The number of nitrogens with zero attached hydrogens (tertiary/aromatic N) is 2. The van der Waals surface area contributed by atoms with Gasteiger partial charge in [-0.25, -0.2) is 0 Å². The van der Waals surface area contributed by atoms with Crippen LogP contribution in [0.1, 0.15) is 21.5 Å². The maximum absolute atomic E-state index is 11.5. The largest absolute Gasteiger partial charge is 0.293 e. The summed E-state index contributed by atoms with van der Waals surface area (Å²) in [5, 5.41) is 19.6.